The van der Waals surface area contributed by atoms with Crippen molar-refractivity contribution in [1.82, 2.24) is 5.16 Å². The van der Waals surface area contributed by atoms with Crippen LogP contribution in [0.3, 0.4) is 0 Å². The van der Waals surface area contributed by atoms with Gasteiger partial charge in [-0.2, -0.15) is 0 Å². The van der Waals surface area contributed by atoms with Gasteiger partial charge in [-0.1, -0.05) is 5.16 Å². The molecule has 7 nitrogen and oxygen atoms in total. The molecule has 4 rings (SSSR count). The molecule has 1 N–H and O–H groups in total. The van der Waals surface area contributed by atoms with Crippen LogP contribution in [-0.4, -0.2) is 25.0 Å². The van der Waals surface area contributed by atoms with E-state index in [1.807, 2.05) is 24.3 Å². The van der Waals surface area contributed by atoms with Crippen LogP contribution in [0.1, 0.15) is 10.5 Å². The Hall–Kier alpha value is -3.48. The topological polar surface area (TPSA) is 82.8 Å². The minimum Gasteiger partial charge on any atom is -0.497 e. The fourth-order valence-electron chi connectivity index (χ4n) is 2.44. The Morgan fingerprint density at radius 2 is 1.88 bits per heavy atom. The highest BCUT2D eigenvalue weighted by atomic mass is 16.7. The van der Waals surface area contributed by atoms with Crippen LogP contribution < -0.4 is 19.5 Å². The SMILES string of the molecule is COc1ccc(-c2cc(C(=O)Nc3ccc4c(c3)OCO4)no2)cc1. The largest absolute Gasteiger partial charge is 0.497 e. The highest BCUT2D eigenvalue weighted by Gasteiger charge is 2.17. The molecule has 0 saturated carbocycles. The van der Waals surface area contributed by atoms with E-state index in [4.69, 9.17) is 18.7 Å². The van der Waals surface area contributed by atoms with E-state index in [-0.39, 0.29) is 18.4 Å². The molecule has 0 saturated heterocycles. The normalized spacial score (nSPS) is 12.0. The quantitative estimate of drug-likeness (QED) is 0.786. The molecule has 1 amide bonds. The Kier molecular flexibility index (Phi) is 3.74. The lowest BCUT2D eigenvalue weighted by Gasteiger charge is -2.03. The molecule has 0 fully saturated rings. The lowest BCUT2D eigenvalue weighted by atomic mass is 10.1. The molecule has 126 valence electrons. The molecule has 1 aliphatic heterocycles. The number of anilines is 1. The van der Waals surface area contributed by atoms with Gasteiger partial charge < -0.3 is 24.1 Å². The van der Waals surface area contributed by atoms with Gasteiger partial charge in [0.25, 0.3) is 5.91 Å². The van der Waals surface area contributed by atoms with Crippen molar-refractivity contribution in [3.63, 3.8) is 0 Å². The molecule has 0 atom stereocenters. The number of rotatable bonds is 4. The number of ether oxygens (including phenoxy) is 3. The molecular weight excluding hydrogens is 324 g/mol. The second-order valence-electron chi connectivity index (χ2n) is 5.33. The Morgan fingerprint density at radius 1 is 1.08 bits per heavy atom. The van der Waals surface area contributed by atoms with Gasteiger partial charge in [-0.15, -0.1) is 0 Å². The van der Waals surface area contributed by atoms with Crippen LogP contribution in [0.4, 0.5) is 5.69 Å². The summed E-state index contributed by atoms with van der Waals surface area (Å²) in [6, 6.07) is 14.0. The van der Waals surface area contributed by atoms with Gasteiger partial charge in [0.05, 0.1) is 7.11 Å². The fraction of sp³-hybridized carbons (Fsp3) is 0.111. The highest BCUT2D eigenvalue weighted by molar-refractivity contribution is 6.03. The molecule has 2 heterocycles. The van der Waals surface area contributed by atoms with Crippen LogP contribution in [0, 0.1) is 0 Å². The van der Waals surface area contributed by atoms with Crippen molar-refractivity contribution < 1.29 is 23.5 Å². The van der Waals surface area contributed by atoms with E-state index in [1.54, 1.807) is 31.4 Å². The minimum atomic E-state index is -0.373. The Labute approximate surface area is 143 Å². The number of hydrogen-bond donors (Lipinski definition) is 1. The summed E-state index contributed by atoms with van der Waals surface area (Å²) in [5, 5.41) is 6.58. The predicted octanol–water partition coefficient (Wildman–Crippen LogP) is 3.33. The van der Waals surface area contributed by atoms with Crippen molar-refractivity contribution in [2.24, 2.45) is 0 Å². The summed E-state index contributed by atoms with van der Waals surface area (Å²) >= 11 is 0. The zero-order valence-electron chi connectivity index (χ0n) is 13.3. The summed E-state index contributed by atoms with van der Waals surface area (Å²) in [5.41, 5.74) is 1.57. The summed E-state index contributed by atoms with van der Waals surface area (Å²) < 4.78 is 20.9. The van der Waals surface area contributed by atoms with Crippen molar-refractivity contribution in [3.05, 3.63) is 54.2 Å². The Bertz CT molecular complexity index is 917. The molecular formula is C18H14N2O5. The first-order chi connectivity index (χ1) is 12.2. The second kappa shape index (κ2) is 6.20. The number of amides is 1. The van der Waals surface area contributed by atoms with Crippen LogP contribution in [-0.2, 0) is 0 Å². The molecule has 0 bridgehead atoms. The predicted molar refractivity (Wildman–Crippen MR) is 89.0 cm³/mol. The molecule has 0 radical (unpaired) electrons. The maximum atomic E-state index is 12.3. The Morgan fingerprint density at radius 3 is 2.68 bits per heavy atom. The average molecular weight is 338 g/mol. The first-order valence-electron chi connectivity index (χ1n) is 7.55. The second-order valence-corrected chi connectivity index (χ2v) is 5.33. The van der Waals surface area contributed by atoms with Crippen molar-refractivity contribution in [2.45, 2.75) is 0 Å². The number of hydrogen-bond acceptors (Lipinski definition) is 6. The summed E-state index contributed by atoms with van der Waals surface area (Å²) in [6.07, 6.45) is 0. The number of benzene rings is 2. The third kappa shape index (κ3) is 2.99. The summed E-state index contributed by atoms with van der Waals surface area (Å²) in [7, 11) is 1.60. The van der Waals surface area contributed by atoms with E-state index in [1.165, 1.54) is 0 Å². The van der Waals surface area contributed by atoms with Gasteiger partial charge in [-0.25, -0.2) is 0 Å². The number of methoxy groups -OCH3 is 1. The first kappa shape index (κ1) is 15.1. The van der Waals surface area contributed by atoms with E-state index in [2.05, 4.69) is 10.5 Å². The van der Waals surface area contributed by atoms with Gasteiger partial charge in [-0.05, 0) is 36.4 Å². The lowest BCUT2D eigenvalue weighted by Crippen LogP contribution is -2.12. The standard InChI is InChI=1S/C18H14N2O5/c1-22-13-5-2-11(3-6-13)16-9-14(20-25-16)18(21)19-12-4-7-15-17(8-12)24-10-23-15/h2-9H,10H2,1H3,(H,19,21). The van der Waals surface area contributed by atoms with Crippen LogP contribution in [0.25, 0.3) is 11.3 Å². The number of nitrogens with zero attached hydrogens (tertiary/aromatic N) is 1. The van der Waals surface area contributed by atoms with Gasteiger partial charge in [0.15, 0.2) is 23.0 Å². The summed E-state index contributed by atoms with van der Waals surface area (Å²) in [4.78, 5) is 12.3. The smallest absolute Gasteiger partial charge is 0.277 e. The van der Waals surface area contributed by atoms with Crippen LogP contribution in [0.15, 0.2) is 53.1 Å². The molecule has 25 heavy (non-hydrogen) atoms. The van der Waals surface area contributed by atoms with Crippen molar-refractivity contribution in [2.75, 3.05) is 19.2 Å². The van der Waals surface area contributed by atoms with Gasteiger partial charge in [0.2, 0.25) is 6.79 Å². The monoisotopic (exact) mass is 338 g/mol. The average Bonchev–Trinajstić information content (AvgIpc) is 3.31. The molecule has 1 aromatic heterocycles. The fourth-order valence-corrected chi connectivity index (χ4v) is 2.44. The number of fused-ring (bicyclic) bond motifs is 1. The van der Waals surface area contributed by atoms with Crippen molar-refractivity contribution in [3.8, 4) is 28.6 Å². The van der Waals surface area contributed by atoms with Gasteiger partial charge in [0.1, 0.15) is 5.75 Å². The molecule has 0 spiro atoms. The van der Waals surface area contributed by atoms with E-state index in [9.17, 15) is 4.79 Å². The van der Waals surface area contributed by atoms with E-state index < -0.39 is 0 Å². The van der Waals surface area contributed by atoms with Crippen LogP contribution >= 0.6 is 0 Å². The number of carbonyl (C=O) groups excluding carboxylic acids is 1. The third-order valence-electron chi connectivity index (χ3n) is 3.75. The number of aromatic nitrogens is 1. The van der Waals surface area contributed by atoms with E-state index in [0.717, 1.165) is 11.3 Å². The van der Waals surface area contributed by atoms with E-state index >= 15 is 0 Å². The lowest BCUT2D eigenvalue weighted by molar-refractivity contribution is 0.101. The molecule has 0 unspecified atom stereocenters. The maximum Gasteiger partial charge on any atom is 0.277 e. The van der Waals surface area contributed by atoms with Crippen LogP contribution in [0.2, 0.25) is 0 Å². The summed E-state index contributed by atoms with van der Waals surface area (Å²) in [6.45, 7) is 0.182. The van der Waals surface area contributed by atoms with Crippen molar-refractivity contribution >= 4 is 11.6 Å². The number of carbonyl (C=O) groups is 1. The molecule has 7 heteroatoms. The van der Waals surface area contributed by atoms with Gasteiger partial charge in [0, 0.05) is 23.4 Å². The molecule has 0 aliphatic carbocycles. The van der Waals surface area contributed by atoms with E-state index in [0.29, 0.717) is 22.9 Å². The number of nitrogens with one attached hydrogen (secondary N) is 1. The summed E-state index contributed by atoms with van der Waals surface area (Å²) in [5.74, 6) is 2.11. The molecule has 2 aromatic carbocycles. The van der Waals surface area contributed by atoms with Gasteiger partial charge in [-0.3, -0.25) is 4.79 Å². The first-order valence-corrected chi connectivity index (χ1v) is 7.55. The third-order valence-corrected chi connectivity index (χ3v) is 3.75. The zero-order chi connectivity index (χ0) is 17.2. The Balaban J connectivity index is 1.50. The van der Waals surface area contributed by atoms with Gasteiger partial charge >= 0.3 is 0 Å². The van der Waals surface area contributed by atoms with Crippen LogP contribution in [0.5, 0.6) is 17.2 Å². The van der Waals surface area contributed by atoms with Crippen molar-refractivity contribution in [1.29, 1.82) is 0 Å². The molecule has 3 aromatic rings. The maximum absolute atomic E-state index is 12.3. The minimum absolute atomic E-state index is 0.182. The molecule has 1 aliphatic rings. The zero-order valence-corrected chi connectivity index (χ0v) is 13.3. The highest BCUT2D eigenvalue weighted by Crippen LogP contribution is 2.34.